The summed E-state index contributed by atoms with van der Waals surface area (Å²) in [5.41, 5.74) is 7.15. The van der Waals surface area contributed by atoms with Crippen molar-refractivity contribution in [1.29, 1.82) is 0 Å². The average molecular weight is 402 g/mol. The van der Waals surface area contributed by atoms with Gasteiger partial charge in [0.2, 0.25) is 0 Å². The predicted octanol–water partition coefficient (Wildman–Crippen LogP) is 5.49. The zero-order chi connectivity index (χ0) is 22.0. The fourth-order valence-corrected chi connectivity index (χ4v) is 3.98. The first-order valence-corrected chi connectivity index (χ1v) is 9.98. The van der Waals surface area contributed by atoms with Gasteiger partial charge in [0.05, 0.1) is 6.42 Å². The second kappa shape index (κ2) is 8.54. The maximum atomic E-state index is 12.9. The van der Waals surface area contributed by atoms with Gasteiger partial charge < -0.3 is 10.1 Å². The summed E-state index contributed by atoms with van der Waals surface area (Å²) in [6, 6.07) is 13.8. The Kier molecular flexibility index (Phi) is 6.06. The molecule has 4 nitrogen and oxygen atoms in total. The molecule has 2 aromatic carbocycles. The Labute approximate surface area is 176 Å². The number of benzene rings is 2. The Balaban J connectivity index is 2.65. The summed E-state index contributed by atoms with van der Waals surface area (Å²) < 4.78 is 0. The molecule has 30 heavy (non-hydrogen) atoms. The van der Waals surface area contributed by atoms with Crippen LogP contribution in [0.4, 0.5) is 0 Å². The maximum absolute atomic E-state index is 12.9. The Morgan fingerprint density at radius 2 is 1.57 bits per heavy atom. The van der Waals surface area contributed by atoms with Crippen LogP contribution in [0.2, 0.25) is 0 Å². The van der Waals surface area contributed by atoms with Crippen LogP contribution in [-0.4, -0.2) is 16.1 Å². The summed E-state index contributed by atoms with van der Waals surface area (Å²) in [5.74, 6) is -0.909. The van der Waals surface area contributed by atoms with Crippen LogP contribution in [0.5, 0.6) is 0 Å². The number of aromatic nitrogens is 1. The van der Waals surface area contributed by atoms with E-state index < -0.39 is 5.97 Å². The molecule has 1 aromatic heterocycles. The number of rotatable bonds is 3. The molecule has 0 saturated heterocycles. The van der Waals surface area contributed by atoms with Crippen LogP contribution < -0.4 is 5.56 Å². The van der Waals surface area contributed by atoms with Gasteiger partial charge in [0, 0.05) is 11.6 Å². The van der Waals surface area contributed by atoms with Gasteiger partial charge >= 0.3 is 5.97 Å². The largest absolute Gasteiger partial charge is 0.481 e. The zero-order valence-electron chi connectivity index (χ0n) is 18.1. The van der Waals surface area contributed by atoms with Crippen molar-refractivity contribution in [1.82, 2.24) is 4.98 Å². The summed E-state index contributed by atoms with van der Waals surface area (Å²) >= 11 is 0. The number of nitrogens with one attached hydrogen (secondary N) is 1. The van der Waals surface area contributed by atoms with E-state index in [9.17, 15) is 14.7 Å². The van der Waals surface area contributed by atoms with E-state index in [2.05, 4.69) is 4.98 Å². The lowest BCUT2D eigenvalue weighted by atomic mass is 9.89. The van der Waals surface area contributed by atoms with Gasteiger partial charge in [-0.1, -0.05) is 42.0 Å². The van der Waals surface area contributed by atoms with E-state index >= 15 is 0 Å². The molecule has 0 amide bonds. The highest BCUT2D eigenvalue weighted by Gasteiger charge is 2.15. The molecule has 154 valence electrons. The van der Waals surface area contributed by atoms with Gasteiger partial charge in [-0.2, -0.15) is 0 Å². The molecule has 0 aliphatic heterocycles. The molecule has 0 atom stereocenters. The Morgan fingerprint density at radius 3 is 2.20 bits per heavy atom. The van der Waals surface area contributed by atoms with Crippen molar-refractivity contribution in [3.63, 3.8) is 0 Å². The first-order chi connectivity index (χ1) is 14.2. The highest BCUT2D eigenvalue weighted by Crippen LogP contribution is 2.32. The van der Waals surface area contributed by atoms with E-state index in [-0.39, 0.29) is 12.0 Å². The minimum atomic E-state index is -0.909. The fraction of sp³-hybridized carbons (Fsp3) is 0.231. The lowest BCUT2D eigenvalue weighted by molar-refractivity contribution is -0.136. The molecule has 0 bridgehead atoms. The number of aromatic amines is 1. The smallest absolute Gasteiger partial charge is 0.307 e. The topological polar surface area (TPSA) is 70.2 Å². The first-order valence-electron chi connectivity index (χ1n) is 9.98. The Hall–Kier alpha value is -3.40. The van der Waals surface area contributed by atoms with Gasteiger partial charge in [0.1, 0.15) is 0 Å². The standard InChI is InChI=1S/C26H27NO3/c1-15-9-11-20(12-10-15)25-19(5)18(4)24-16(2)7-6-8-21(24)26(30)27-14-17(3)22(25)13-23(28)29/h6-12,14H,13H2,1-5H3,(H,27,30)(H,28,29). The van der Waals surface area contributed by atoms with Crippen LogP contribution in [0.25, 0.3) is 21.9 Å². The molecule has 3 aromatic rings. The second-order valence-corrected chi connectivity index (χ2v) is 7.84. The number of fused-ring (bicyclic) bond motifs is 1. The quantitative estimate of drug-likeness (QED) is 0.610. The van der Waals surface area contributed by atoms with Crippen molar-refractivity contribution in [2.45, 2.75) is 41.0 Å². The third-order valence-corrected chi connectivity index (χ3v) is 5.70. The van der Waals surface area contributed by atoms with Gasteiger partial charge in [0.25, 0.3) is 5.56 Å². The van der Waals surface area contributed by atoms with E-state index in [1.54, 1.807) is 6.20 Å². The van der Waals surface area contributed by atoms with Gasteiger partial charge in [-0.3, -0.25) is 9.59 Å². The fourth-order valence-electron chi connectivity index (χ4n) is 3.98. The average Bonchev–Trinajstić information content (AvgIpc) is 2.70. The highest BCUT2D eigenvalue weighted by atomic mass is 16.4. The van der Waals surface area contributed by atoms with E-state index in [1.807, 2.05) is 77.1 Å². The van der Waals surface area contributed by atoms with E-state index in [0.717, 1.165) is 44.3 Å². The molecule has 0 spiro atoms. The van der Waals surface area contributed by atoms with Crippen molar-refractivity contribution >= 4 is 16.7 Å². The number of carboxylic acids is 1. The zero-order valence-corrected chi connectivity index (χ0v) is 18.1. The number of aryl methyl sites for hydroxylation is 4. The molecule has 2 N–H and O–H groups in total. The summed E-state index contributed by atoms with van der Waals surface area (Å²) in [6.07, 6.45) is 1.49. The minimum absolute atomic E-state index is 0.132. The van der Waals surface area contributed by atoms with Crippen molar-refractivity contribution in [3.05, 3.63) is 92.4 Å². The van der Waals surface area contributed by atoms with Crippen molar-refractivity contribution in [3.8, 4) is 11.1 Å². The van der Waals surface area contributed by atoms with E-state index in [4.69, 9.17) is 0 Å². The molecule has 0 aliphatic carbocycles. The van der Waals surface area contributed by atoms with Gasteiger partial charge in [-0.25, -0.2) is 0 Å². The molecule has 0 radical (unpaired) electrons. The molecule has 3 rings (SSSR count). The number of H-pyrrole nitrogens is 1. The first kappa shape index (κ1) is 21.3. The normalized spacial score (nSPS) is 10.7. The summed E-state index contributed by atoms with van der Waals surface area (Å²) in [6.45, 7) is 9.87. The van der Waals surface area contributed by atoms with Crippen molar-refractivity contribution in [2.75, 3.05) is 0 Å². The number of carbonyl (C=O) groups is 1. The van der Waals surface area contributed by atoms with Crippen LogP contribution in [0.3, 0.4) is 0 Å². The van der Waals surface area contributed by atoms with Crippen molar-refractivity contribution in [2.24, 2.45) is 0 Å². The van der Waals surface area contributed by atoms with Crippen molar-refractivity contribution < 1.29 is 9.90 Å². The third kappa shape index (κ3) is 4.13. The number of aliphatic carboxylic acids is 1. The van der Waals surface area contributed by atoms with E-state index in [1.165, 1.54) is 0 Å². The molecule has 4 heteroatoms. The van der Waals surface area contributed by atoms with Crippen LogP contribution in [0.1, 0.15) is 33.4 Å². The van der Waals surface area contributed by atoms with Crippen LogP contribution in [0.15, 0.2) is 53.5 Å². The Morgan fingerprint density at radius 1 is 0.900 bits per heavy atom. The maximum Gasteiger partial charge on any atom is 0.307 e. The highest BCUT2D eigenvalue weighted by molar-refractivity contribution is 5.89. The van der Waals surface area contributed by atoms with Gasteiger partial charge in [0.15, 0.2) is 0 Å². The van der Waals surface area contributed by atoms with Gasteiger partial charge in [-0.15, -0.1) is 0 Å². The minimum Gasteiger partial charge on any atom is -0.481 e. The van der Waals surface area contributed by atoms with Crippen LogP contribution in [-0.2, 0) is 11.2 Å². The predicted molar refractivity (Wildman–Crippen MR) is 123 cm³/mol. The molecular formula is C26H27NO3. The van der Waals surface area contributed by atoms with Crippen LogP contribution >= 0.6 is 0 Å². The summed E-state index contributed by atoms with van der Waals surface area (Å²) in [7, 11) is 0. The summed E-state index contributed by atoms with van der Waals surface area (Å²) in [5, 5.41) is 11.1. The SMILES string of the molecule is Cc1ccc(-c2c(C)c(C)c3c(C)cccc3c(=O)[nH]cc(C)c2CC(=O)O)cc1. The summed E-state index contributed by atoms with van der Waals surface area (Å²) in [4.78, 5) is 27.5. The lowest BCUT2D eigenvalue weighted by Gasteiger charge is -2.15. The van der Waals surface area contributed by atoms with E-state index in [0.29, 0.717) is 10.9 Å². The molecule has 0 saturated carbocycles. The van der Waals surface area contributed by atoms with Gasteiger partial charge in [-0.05, 0) is 85.0 Å². The lowest BCUT2D eigenvalue weighted by Crippen LogP contribution is -2.08. The molecule has 0 unspecified atom stereocenters. The third-order valence-electron chi connectivity index (χ3n) is 5.70. The second-order valence-electron chi connectivity index (χ2n) is 7.84. The Bertz CT molecular complexity index is 1250. The van der Waals surface area contributed by atoms with Crippen LogP contribution in [0, 0.1) is 34.6 Å². The number of carboxylic acid groups (broad SMARTS) is 1. The molecule has 1 heterocycles. The monoisotopic (exact) mass is 401 g/mol. The number of hydrogen-bond donors (Lipinski definition) is 2. The molecular weight excluding hydrogens is 374 g/mol. The number of hydrogen-bond acceptors (Lipinski definition) is 2. The molecule has 0 aliphatic rings. The molecule has 0 fully saturated rings.